The highest BCUT2D eigenvalue weighted by atomic mass is 16.4. The molecule has 0 saturated heterocycles. The van der Waals surface area contributed by atoms with Crippen molar-refractivity contribution < 1.29 is 9.90 Å². The van der Waals surface area contributed by atoms with Gasteiger partial charge < -0.3 is 5.11 Å². The summed E-state index contributed by atoms with van der Waals surface area (Å²) in [4.78, 5) is 15.9. The zero-order valence-corrected chi connectivity index (χ0v) is 13.0. The number of carboxylic acids is 1. The van der Waals surface area contributed by atoms with E-state index in [9.17, 15) is 9.90 Å². The Balaban J connectivity index is 1.92. The van der Waals surface area contributed by atoms with Gasteiger partial charge in [0.1, 0.15) is 5.56 Å². The van der Waals surface area contributed by atoms with E-state index in [0.29, 0.717) is 17.5 Å². The highest BCUT2D eigenvalue weighted by Crippen LogP contribution is 2.32. The highest BCUT2D eigenvalue weighted by molar-refractivity contribution is 5.94. The lowest BCUT2D eigenvalue weighted by molar-refractivity contribution is 0.0698. The van der Waals surface area contributed by atoms with Gasteiger partial charge in [-0.05, 0) is 24.8 Å². The molecule has 22 heavy (non-hydrogen) atoms. The van der Waals surface area contributed by atoms with Crippen LogP contribution < -0.4 is 0 Å². The van der Waals surface area contributed by atoms with Gasteiger partial charge in [0.15, 0.2) is 5.65 Å². The lowest BCUT2D eigenvalue weighted by Gasteiger charge is -2.19. The molecule has 0 bridgehead atoms. The van der Waals surface area contributed by atoms with Crippen molar-refractivity contribution in [1.82, 2.24) is 14.6 Å². The fourth-order valence-corrected chi connectivity index (χ4v) is 3.49. The number of carboxylic acid groups (broad SMARTS) is 1. The Morgan fingerprint density at radius 3 is 2.82 bits per heavy atom. The van der Waals surface area contributed by atoms with E-state index < -0.39 is 5.97 Å². The second-order valence-electron chi connectivity index (χ2n) is 6.51. The van der Waals surface area contributed by atoms with E-state index in [4.69, 9.17) is 0 Å². The highest BCUT2D eigenvalue weighted by Gasteiger charge is 2.20. The monoisotopic (exact) mass is 301 g/mol. The summed E-state index contributed by atoms with van der Waals surface area (Å²) < 4.78 is 1.55. The molecule has 2 heterocycles. The van der Waals surface area contributed by atoms with E-state index in [0.717, 1.165) is 18.5 Å². The van der Waals surface area contributed by atoms with Crippen LogP contribution in [0.15, 0.2) is 18.5 Å². The molecule has 0 aromatic carbocycles. The van der Waals surface area contributed by atoms with Gasteiger partial charge in [-0.2, -0.15) is 5.10 Å². The summed E-state index contributed by atoms with van der Waals surface area (Å²) in [6.45, 7) is 2.32. The minimum Gasteiger partial charge on any atom is -0.477 e. The van der Waals surface area contributed by atoms with Crippen LogP contribution in [-0.2, 0) is 0 Å². The van der Waals surface area contributed by atoms with Crippen molar-refractivity contribution in [3.05, 3.63) is 29.7 Å². The molecule has 0 amide bonds. The predicted octanol–water partition coefficient (Wildman–Crippen LogP) is 3.89. The second-order valence-corrected chi connectivity index (χ2v) is 6.51. The van der Waals surface area contributed by atoms with Crippen LogP contribution in [0.4, 0.5) is 0 Å². The second kappa shape index (κ2) is 6.46. The zero-order chi connectivity index (χ0) is 15.5. The first-order chi connectivity index (χ1) is 10.6. The van der Waals surface area contributed by atoms with Crippen LogP contribution in [0, 0.1) is 5.92 Å². The molecular weight excluding hydrogens is 278 g/mol. The maximum absolute atomic E-state index is 11.3. The summed E-state index contributed by atoms with van der Waals surface area (Å²) in [6.07, 6.45) is 12.0. The van der Waals surface area contributed by atoms with Crippen LogP contribution >= 0.6 is 0 Å². The smallest absolute Gasteiger partial charge is 0.341 e. The average molecular weight is 301 g/mol. The van der Waals surface area contributed by atoms with Gasteiger partial charge in [0.05, 0.1) is 6.20 Å². The number of fused-ring (bicyclic) bond motifs is 1. The fraction of sp³-hybridized carbons (Fsp3) is 0.588. The molecule has 1 N–H and O–H groups in total. The molecule has 3 rings (SSSR count). The number of hydrogen-bond donors (Lipinski definition) is 1. The Labute approximate surface area is 130 Å². The molecule has 5 nitrogen and oxygen atoms in total. The van der Waals surface area contributed by atoms with Crippen LogP contribution in [0.5, 0.6) is 0 Å². The Bertz CT molecular complexity index is 665. The maximum atomic E-state index is 11.3. The van der Waals surface area contributed by atoms with E-state index >= 15 is 0 Å². The quantitative estimate of drug-likeness (QED) is 0.913. The molecule has 1 aliphatic carbocycles. The molecule has 2 unspecified atom stereocenters. The van der Waals surface area contributed by atoms with Crippen molar-refractivity contribution in [2.45, 2.75) is 57.8 Å². The number of aromatic nitrogens is 3. The Morgan fingerprint density at radius 2 is 2.05 bits per heavy atom. The molecule has 2 atom stereocenters. The summed E-state index contributed by atoms with van der Waals surface area (Å²) >= 11 is 0. The van der Waals surface area contributed by atoms with Crippen LogP contribution in [0.25, 0.3) is 5.65 Å². The molecule has 1 aliphatic rings. The summed E-state index contributed by atoms with van der Waals surface area (Å²) in [7, 11) is 0. The van der Waals surface area contributed by atoms with E-state index in [1.54, 1.807) is 4.52 Å². The van der Waals surface area contributed by atoms with E-state index in [2.05, 4.69) is 17.0 Å². The predicted molar refractivity (Wildman–Crippen MR) is 84.2 cm³/mol. The van der Waals surface area contributed by atoms with Crippen LogP contribution in [0.1, 0.15) is 73.8 Å². The third-order valence-corrected chi connectivity index (χ3v) is 4.73. The molecule has 0 aliphatic heterocycles. The molecule has 0 spiro atoms. The molecule has 118 valence electrons. The number of carbonyl (C=O) groups is 1. The number of aromatic carboxylic acids is 1. The van der Waals surface area contributed by atoms with Gasteiger partial charge in [-0.15, -0.1) is 0 Å². The number of rotatable bonds is 2. The zero-order valence-electron chi connectivity index (χ0n) is 13.0. The van der Waals surface area contributed by atoms with Crippen LogP contribution in [-0.4, -0.2) is 25.7 Å². The minimum absolute atomic E-state index is 0.179. The van der Waals surface area contributed by atoms with Crippen LogP contribution in [0.2, 0.25) is 0 Å². The SMILES string of the molecule is CC1CCCCCCC(c2ccn3ncc(C(=O)O)c3n2)C1. The molecule has 2 aromatic rings. The lowest BCUT2D eigenvalue weighted by atomic mass is 9.88. The summed E-state index contributed by atoms with van der Waals surface area (Å²) in [5, 5.41) is 13.3. The van der Waals surface area contributed by atoms with Crippen molar-refractivity contribution in [3.8, 4) is 0 Å². The molecule has 2 aromatic heterocycles. The molecular formula is C17H23N3O2. The van der Waals surface area contributed by atoms with Gasteiger partial charge in [0.25, 0.3) is 0 Å². The van der Waals surface area contributed by atoms with E-state index in [-0.39, 0.29) is 5.56 Å². The van der Waals surface area contributed by atoms with Gasteiger partial charge >= 0.3 is 5.97 Å². The third kappa shape index (κ3) is 3.13. The van der Waals surface area contributed by atoms with Crippen molar-refractivity contribution in [2.24, 2.45) is 5.92 Å². The first-order valence-electron chi connectivity index (χ1n) is 8.22. The van der Waals surface area contributed by atoms with Crippen molar-refractivity contribution >= 4 is 11.6 Å². The van der Waals surface area contributed by atoms with Crippen molar-refractivity contribution in [2.75, 3.05) is 0 Å². The van der Waals surface area contributed by atoms with Gasteiger partial charge in [0, 0.05) is 17.8 Å². The standard InChI is InChI=1S/C17H23N3O2/c1-12-6-4-2-3-5-7-13(10-12)15-8-9-20-16(19-15)14(11-18-20)17(21)22/h8-9,11-13H,2-7,10H2,1H3,(H,21,22). The number of nitrogens with zero attached hydrogens (tertiary/aromatic N) is 3. The Hall–Kier alpha value is -1.91. The largest absolute Gasteiger partial charge is 0.477 e. The number of hydrogen-bond acceptors (Lipinski definition) is 3. The first kappa shape index (κ1) is 15.0. The summed E-state index contributed by atoms with van der Waals surface area (Å²) in [5.74, 6) is 0.155. The van der Waals surface area contributed by atoms with Gasteiger partial charge in [-0.3, -0.25) is 0 Å². The van der Waals surface area contributed by atoms with Crippen molar-refractivity contribution in [1.29, 1.82) is 0 Å². The normalized spacial score (nSPS) is 23.7. The van der Waals surface area contributed by atoms with Gasteiger partial charge in [-0.25, -0.2) is 14.3 Å². The lowest BCUT2D eigenvalue weighted by Crippen LogP contribution is -2.08. The Morgan fingerprint density at radius 1 is 1.27 bits per heavy atom. The summed E-state index contributed by atoms with van der Waals surface area (Å²) in [5.41, 5.74) is 1.65. The maximum Gasteiger partial charge on any atom is 0.341 e. The molecule has 5 heteroatoms. The molecule has 0 radical (unpaired) electrons. The van der Waals surface area contributed by atoms with E-state index in [1.807, 2.05) is 12.3 Å². The van der Waals surface area contributed by atoms with Gasteiger partial charge in [-0.1, -0.05) is 39.0 Å². The topological polar surface area (TPSA) is 67.5 Å². The molecule has 1 saturated carbocycles. The van der Waals surface area contributed by atoms with Crippen LogP contribution in [0.3, 0.4) is 0 Å². The molecule has 1 fully saturated rings. The third-order valence-electron chi connectivity index (χ3n) is 4.73. The minimum atomic E-state index is -0.970. The van der Waals surface area contributed by atoms with Gasteiger partial charge in [0.2, 0.25) is 0 Å². The summed E-state index contributed by atoms with van der Waals surface area (Å²) in [6, 6.07) is 2.00. The average Bonchev–Trinajstić information content (AvgIpc) is 2.95. The fourth-order valence-electron chi connectivity index (χ4n) is 3.49. The van der Waals surface area contributed by atoms with Crippen molar-refractivity contribution in [3.63, 3.8) is 0 Å². The van der Waals surface area contributed by atoms with E-state index in [1.165, 1.54) is 38.3 Å². The first-order valence-corrected chi connectivity index (χ1v) is 8.22. The Kier molecular flexibility index (Phi) is 4.41.